The second-order valence-corrected chi connectivity index (χ2v) is 13.3. The van der Waals surface area contributed by atoms with Crippen LogP contribution in [0, 0.1) is 25.2 Å². The van der Waals surface area contributed by atoms with Crippen LogP contribution in [0.4, 0.5) is 24.8 Å². The van der Waals surface area contributed by atoms with E-state index in [9.17, 15) is 23.2 Å². The summed E-state index contributed by atoms with van der Waals surface area (Å²) in [5, 5.41) is 17.8. The molecule has 1 saturated heterocycles. The Morgan fingerprint density at radius 1 is 1.12 bits per heavy atom. The van der Waals surface area contributed by atoms with Crippen molar-refractivity contribution in [2.75, 3.05) is 23.7 Å². The Kier molecular flexibility index (Phi) is 9.48. The highest BCUT2D eigenvalue weighted by Crippen LogP contribution is 2.33. The number of likely N-dealkylation sites (tertiary alicyclic amines) is 1. The first kappa shape index (κ1) is 33.1. The van der Waals surface area contributed by atoms with Gasteiger partial charge in [-0.3, -0.25) is 9.69 Å². The molecule has 9 nitrogen and oxygen atoms in total. The highest BCUT2D eigenvalue weighted by molar-refractivity contribution is 7.18. The minimum absolute atomic E-state index is 0.155. The normalized spacial score (nSPS) is 14.3. The number of fused-ring (bicyclic) bond motifs is 2. The van der Waals surface area contributed by atoms with Crippen LogP contribution in [0.1, 0.15) is 45.7 Å². The SMILES string of the molecule is C=CC(=O)Nc1cc(C)c(CCn2c(C#N)cc3c(C)c(CN4CCC(Nc5ncnc6sc(CC(F)(F)F)cc56)CC4)ccc32)cn1. The zero-order valence-corrected chi connectivity index (χ0v) is 27.5. The van der Waals surface area contributed by atoms with Crippen LogP contribution >= 0.6 is 11.3 Å². The van der Waals surface area contributed by atoms with Crippen molar-refractivity contribution in [3.8, 4) is 6.07 Å². The second kappa shape index (κ2) is 13.7. The molecule has 0 spiro atoms. The van der Waals surface area contributed by atoms with Crippen LogP contribution < -0.4 is 10.6 Å². The van der Waals surface area contributed by atoms with Gasteiger partial charge in [-0.05, 0) is 85.7 Å². The zero-order chi connectivity index (χ0) is 34.0. The van der Waals surface area contributed by atoms with E-state index in [1.54, 1.807) is 12.3 Å². The molecule has 1 aromatic carbocycles. The summed E-state index contributed by atoms with van der Waals surface area (Å²) < 4.78 is 40.9. The topological polar surface area (TPSA) is 112 Å². The molecule has 0 bridgehead atoms. The number of carbonyl (C=O) groups is 1. The van der Waals surface area contributed by atoms with E-state index in [1.165, 1.54) is 18.0 Å². The number of carbonyl (C=O) groups excluding carboxylic acids is 1. The molecule has 4 aromatic heterocycles. The molecule has 5 aromatic rings. The van der Waals surface area contributed by atoms with E-state index in [0.717, 1.165) is 71.4 Å². The maximum Gasteiger partial charge on any atom is 0.393 e. The third-order valence-corrected chi connectivity index (χ3v) is 9.96. The lowest BCUT2D eigenvalue weighted by atomic mass is 10.0. The third-order valence-electron chi connectivity index (χ3n) is 8.92. The van der Waals surface area contributed by atoms with Gasteiger partial charge in [-0.15, -0.1) is 11.3 Å². The molecule has 1 aliphatic heterocycles. The van der Waals surface area contributed by atoms with Gasteiger partial charge < -0.3 is 15.2 Å². The van der Waals surface area contributed by atoms with Crippen LogP contribution in [-0.4, -0.2) is 55.6 Å². The van der Waals surface area contributed by atoms with Gasteiger partial charge in [-0.1, -0.05) is 12.6 Å². The maximum atomic E-state index is 12.9. The molecule has 1 aliphatic rings. The van der Waals surface area contributed by atoms with Gasteiger partial charge in [0.25, 0.3) is 0 Å². The molecule has 1 amide bonds. The van der Waals surface area contributed by atoms with Crippen LogP contribution in [0.3, 0.4) is 0 Å². The van der Waals surface area contributed by atoms with Crippen molar-refractivity contribution in [3.05, 3.63) is 88.3 Å². The largest absolute Gasteiger partial charge is 0.393 e. The van der Waals surface area contributed by atoms with E-state index in [1.807, 2.05) is 19.1 Å². The number of halogens is 3. The summed E-state index contributed by atoms with van der Waals surface area (Å²) in [5.74, 6) is 0.747. The van der Waals surface area contributed by atoms with Crippen LogP contribution in [0.5, 0.6) is 0 Å². The van der Waals surface area contributed by atoms with E-state index >= 15 is 0 Å². The summed E-state index contributed by atoms with van der Waals surface area (Å²) >= 11 is 1.06. The molecule has 0 saturated carbocycles. The highest BCUT2D eigenvalue weighted by atomic mass is 32.1. The first-order valence-corrected chi connectivity index (χ1v) is 16.5. The van der Waals surface area contributed by atoms with E-state index in [4.69, 9.17) is 0 Å². The number of nitrogens with zero attached hydrogens (tertiary/aromatic N) is 6. The van der Waals surface area contributed by atoms with Gasteiger partial charge in [0.1, 0.15) is 34.6 Å². The molecule has 1 fully saturated rings. The molecule has 13 heteroatoms. The Labute approximate surface area is 280 Å². The van der Waals surface area contributed by atoms with Gasteiger partial charge in [-0.25, -0.2) is 15.0 Å². The number of benzene rings is 1. The second-order valence-electron chi connectivity index (χ2n) is 12.2. The monoisotopic (exact) mass is 672 g/mol. The Hall–Kier alpha value is -4.80. The number of pyridine rings is 1. The predicted molar refractivity (Wildman–Crippen MR) is 182 cm³/mol. The summed E-state index contributed by atoms with van der Waals surface area (Å²) in [7, 11) is 0. The lowest BCUT2D eigenvalue weighted by Gasteiger charge is -2.33. The minimum Gasteiger partial charge on any atom is -0.367 e. The smallest absolute Gasteiger partial charge is 0.367 e. The maximum absolute atomic E-state index is 12.9. The van der Waals surface area contributed by atoms with Crippen molar-refractivity contribution in [1.82, 2.24) is 24.4 Å². The van der Waals surface area contributed by atoms with Crippen molar-refractivity contribution in [3.63, 3.8) is 0 Å². The van der Waals surface area contributed by atoms with Crippen LogP contribution in [0.2, 0.25) is 0 Å². The number of aromatic nitrogens is 4. The average molecular weight is 673 g/mol. The lowest BCUT2D eigenvalue weighted by Crippen LogP contribution is -2.39. The van der Waals surface area contributed by atoms with Crippen molar-refractivity contribution in [1.29, 1.82) is 5.26 Å². The number of thiophene rings is 1. The van der Waals surface area contributed by atoms with Crippen molar-refractivity contribution in [2.24, 2.45) is 0 Å². The molecule has 0 atom stereocenters. The van der Waals surface area contributed by atoms with Gasteiger partial charge in [0.05, 0.1) is 11.8 Å². The number of amides is 1. The number of piperidine rings is 1. The quantitative estimate of drug-likeness (QED) is 0.153. The van der Waals surface area contributed by atoms with Crippen molar-refractivity contribution in [2.45, 2.75) is 64.8 Å². The first-order chi connectivity index (χ1) is 23.0. The van der Waals surface area contributed by atoms with Gasteiger partial charge in [0.15, 0.2) is 0 Å². The zero-order valence-electron chi connectivity index (χ0n) is 26.7. The van der Waals surface area contributed by atoms with Crippen molar-refractivity contribution < 1.29 is 18.0 Å². The number of hydrogen-bond donors (Lipinski definition) is 2. The van der Waals surface area contributed by atoms with E-state index in [2.05, 4.69) is 66.8 Å². The summed E-state index contributed by atoms with van der Waals surface area (Å²) in [4.78, 5) is 27.7. The Morgan fingerprint density at radius 2 is 1.92 bits per heavy atom. The Bertz CT molecular complexity index is 2040. The fourth-order valence-corrected chi connectivity index (χ4v) is 7.35. The number of aryl methyl sites for hydroxylation is 4. The summed E-state index contributed by atoms with van der Waals surface area (Å²) in [5.41, 5.74) is 6.02. The molecular formula is C35H35F3N8OS. The van der Waals surface area contributed by atoms with Gasteiger partial charge in [0, 0.05) is 54.2 Å². The fraction of sp³-hybridized carbons (Fsp3) is 0.343. The van der Waals surface area contributed by atoms with Gasteiger partial charge in [-0.2, -0.15) is 18.4 Å². The number of alkyl halides is 3. The molecule has 0 aliphatic carbocycles. The Morgan fingerprint density at radius 3 is 2.62 bits per heavy atom. The van der Waals surface area contributed by atoms with Crippen LogP contribution in [0.15, 0.2) is 55.5 Å². The molecule has 2 N–H and O–H groups in total. The van der Waals surface area contributed by atoms with Gasteiger partial charge in [0.2, 0.25) is 5.91 Å². The Balaban J connectivity index is 1.09. The van der Waals surface area contributed by atoms with Crippen molar-refractivity contribution >= 4 is 50.0 Å². The predicted octanol–water partition coefficient (Wildman–Crippen LogP) is 7.08. The number of anilines is 2. The summed E-state index contributed by atoms with van der Waals surface area (Å²) in [6, 6.07) is 12.1. The molecule has 5 heterocycles. The molecule has 248 valence electrons. The number of rotatable bonds is 10. The van der Waals surface area contributed by atoms with Crippen LogP contribution in [0.25, 0.3) is 21.1 Å². The molecule has 0 unspecified atom stereocenters. The molecular weight excluding hydrogens is 638 g/mol. The average Bonchev–Trinajstić information content (AvgIpc) is 3.63. The summed E-state index contributed by atoms with van der Waals surface area (Å²) in [6.45, 7) is 10.7. The van der Waals surface area contributed by atoms with E-state index in [0.29, 0.717) is 40.5 Å². The molecule has 48 heavy (non-hydrogen) atoms. The molecule has 0 radical (unpaired) electrons. The fourth-order valence-electron chi connectivity index (χ4n) is 6.32. The van der Waals surface area contributed by atoms with E-state index in [-0.39, 0.29) is 16.8 Å². The number of nitrogens with one attached hydrogen (secondary N) is 2. The third kappa shape index (κ3) is 7.35. The summed E-state index contributed by atoms with van der Waals surface area (Å²) in [6.07, 6.45) is 1.56. The standard InChI is InChI=1S/C35H35F3N8OS/c1-4-32(47)44-31-13-21(2)23(18-40-31)7-12-46-26(17-39)14-28-22(3)24(5-6-30(28)46)19-45-10-8-25(9-11-45)43-33-29-15-27(16-35(36,37)38)48-34(29)42-20-41-33/h4-6,13-15,18,20,25H,1,7-12,16,19H2,2-3H3,(H,40,44,47)(H,41,42,43). The van der Waals surface area contributed by atoms with Gasteiger partial charge >= 0.3 is 6.18 Å². The number of hydrogen-bond acceptors (Lipinski definition) is 8. The first-order valence-electron chi connectivity index (χ1n) is 15.7. The molecule has 6 rings (SSSR count). The minimum atomic E-state index is -4.27. The highest BCUT2D eigenvalue weighted by Gasteiger charge is 2.29. The number of nitriles is 1. The van der Waals surface area contributed by atoms with Crippen LogP contribution in [-0.2, 0) is 30.7 Å². The van der Waals surface area contributed by atoms with E-state index < -0.39 is 12.6 Å². The lowest BCUT2D eigenvalue weighted by molar-refractivity contribution is -0.126.